The highest BCUT2D eigenvalue weighted by Gasteiger charge is 2.22. The molecule has 0 aliphatic heterocycles. The molecule has 0 fully saturated rings. The zero-order valence-electron chi connectivity index (χ0n) is 11.8. The van der Waals surface area contributed by atoms with Gasteiger partial charge < -0.3 is 10.1 Å². The summed E-state index contributed by atoms with van der Waals surface area (Å²) in [7, 11) is -3.52. The van der Waals surface area contributed by atoms with E-state index in [4.69, 9.17) is 4.74 Å². The molecule has 0 radical (unpaired) electrons. The molecular weight excluding hydrogens is 258 g/mol. The third kappa shape index (κ3) is 9.23. The van der Waals surface area contributed by atoms with E-state index in [1.54, 1.807) is 20.8 Å². The Kier molecular flexibility index (Phi) is 6.09. The fraction of sp³-hybridized carbons (Fsp3) is 0.909. The van der Waals surface area contributed by atoms with Crippen molar-refractivity contribution in [3.05, 3.63) is 0 Å². The SMILES string of the molecule is CC(C)[C@H](COS(C)(=O)=O)NC(=O)OC(C)(C)C. The van der Waals surface area contributed by atoms with Crippen LogP contribution in [0.1, 0.15) is 34.6 Å². The summed E-state index contributed by atoms with van der Waals surface area (Å²) in [4.78, 5) is 11.6. The summed E-state index contributed by atoms with van der Waals surface area (Å²) in [6.45, 7) is 8.87. The Morgan fingerprint density at radius 2 is 1.78 bits per heavy atom. The smallest absolute Gasteiger partial charge is 0.407 e. The standard InChI is InChI=1S/C11H23NO5S/c1-8(2)9(7-16-18(6,14)15)12-10(13)17-11(3,4)5/h8-9H,7H2,1-6H3,(H,12,13)/t9-/m0/s1. The summed E-state index contributed by atoms with van der Waals surface area (Å²) in [5.41, 5.74) is -0.594. The number of ether oxygens (including phenoxy) is 1. The molecule has 0 spiro atoms. The second-order valence-corrected chi connectivity index (χ2v) is 7.13. The van der Waals surface area contributed by atoms with Crippen molar-refractivity contribution in [3.8, 4) is 0 Å². The molecule has 7 heteroatoms. The number of carbonyl (C=O) groups excluding carboxylic acids is 1. The molecule has 0 unspecified atom stereocenters. The fourth-order valence-electron chi connectivity index (χ4n) is 1.06. The van der Waals surface area contributed by atoms with Gasteiger partial charge in [-0.25, -0.2) is 4.79 Å². The average molecular weight is 281 g/mol. The van der Waals surface area contributed by atoms with Crippen LogP contribution in [0.3, 0.4) is 0 Å². The van der Waals surface area contributed by atoms with Gasteiger partial charge in [-0.3, -0.25) is 4.18 Å². The van der Waals surface area contributed by atoms with E-state index in [2.05, 4.69) is 9.50 Å². The van der Waals surface area contributed by atoms with Crippen molar-refractivity contribution in [2.45, 2.75) is 46.3 Å². The predicted octanol–water partition coefficient (Wildman–Crippen LogP) is 1.51. The Morgan fingerprint density at radius 3 is 2.11 bits per heavy atom. The van der Waals surface area contributed by atoms with Crippen molar-refractivity contribution >= 4 is 16.2 Å². The molecule has 0 saturated heterocycles. The van der Waals surface area contributed by atoms with Gasteiger partial charge in [-0.2, -0.15) is 8.42 Å². The number of alkyl carbamates (subject to hydrolysis) is 1. The summed E-state index contributed by atoms with van der Waals surface area (Å²) in [5, 5.41) is 2.59. The lowest BCUT2D eigenvalue weighted by Gasteiger charge is -2.25. The van der Waals surface area contributed by atoms with Gasteiger partial charge in [0.1, 0.15) is 5.60 Å². The highest BCUT2D eigenvalue weighted by atomic mass is 32.2. The lowest BCUT2D eigenvalue weighted by atomic mass is 10.1. The molecule has 1 atom stereocenters. The van der Waals surface area contributed by atoms with Crippen LogP contribution in [0.2, 0.25) is 0 Å². The van der Waals surface area contributed by atoms with Gasteiger partial charge in [0, 0.05) is 0 Å². The third-order valence-electron chi connectivity index (χ3n) is 1.97. The third-order valence-corrected chi connectivity index (χ3v) is 2.53. The van der Waals surface area contributed by atoms with Crippen LogP contribution < -0.4 is 5.32 Å². The minimum atomic E-state index is -3.52. The Labute approximate surface area is 109 Å². The van der Waals surface area contributed by atoms with Gasteiger partial charge >= 0.3 is 6.09 Å². The first-order chi connectivity index (χ1) is 7.91. The molecule has 0 bridgehead atoms. The highest BCUT2D eigenvalue weighted by Crippen LogP contribution is 2.09. The van der Waals surface area contributed by atoms with E-state index in [1.807, 2.05) is 13.8 Å². The molecule has 0 aromatic carbocycles. The van der Waals surface area contributed by atoms with Crippen LogP contribution in [0.15, 0.2) is 0 Å². The van der Waals surface area contributed by atoms with E-state index < -0.39 is 27.9 Å². The van der Waals surface area contributed by atoms with Gasteiger partial charge in [0.25, 0.3) is 10.1 Å². The summed E-state index contributed by atoms with van der Waals surface area (Å²) >= 11 is 0. The topological polar surface area (TPSA) is 81.7 Å². The van der Waals surface area contributed by atoms with Gasteiger partial charge in [0.05, 0.1) is 18.9 Å². The Bertz CT molecular complexity index is 369. The van der Waals surface area contributed by atoms with Crippen LogP contribution >= 0.6 is 0 Å². The first kappa shape index (κ1) is 17.2. The maximum Gasteiger partial charge on any atom is 0.407 e. The molecule has 0 aromatic rings. The monoisotopic (exact) mass is 281 g/mol. The second kappa shape index (κ2) is 6.38. The van der Waals surface area contributed by atoms with E-state index in [0.29, 0.717) is 0 Å². The van der Waals surface area contributed by atoms with Gasteiger partial charge in [-0.15, -0.1) is 0 Å². The number of rotatable bonds is 5. The van der Waals surface area contributed by atoms with Crippen LogP contribution in [0.5, 0.6) is 0 Å². The maximum absolute atomic E-state index is 11.6. The van der Waals surface area contributed by atoms with Crippen LogP contribution in [-0.4, -0.2) is 39.0 Å². The Morgan fingerprint density at radius 1 is 1.28 bits per heavy atom. The van der Waals surface area contributed by atoms with Crippen molar-refractivity contribution in [1.82, 2.24) is 5.32 Å². The van der Waals surface area contributed by atoms with Crippen LogP contribution in [-0.2, 0) is 19.0 Å². The van der Waals surface area contributed by atoms with Gasteiger partial charge in [0.2, 0.25) is 0 Å². The van der Waals surface area contributed by atoms with Crippen molar-refractivity contribution in [3.63, 3.8) is 0 Å². The number of carbonyl (C=O) groups is 1. The number of amides is 1. The van der Waals surface area contributed by atoms with Crippen molar-refractivity contribution in [2.24, 2.45) is 5.92 Å². The van der Waals surface area contributed by atoms with Crippen molar-refractivity contribution in [1.29, 1.82) is 0 Å². The summed E-state index contributed by atoms with van der Waals surface area (Å²) < 4.78 is 31.6. The Balaban J connectivity index is 4.41. The van der Waals surface area contributed by atoms with Gasteiger partial charge in [-0.05, 0) is 26.7 Å². The number of nitrogens with one attached hydrogen (secondary N) is 1. The second-order valence-electron chi connectivity index (χ2n) is 5.49. The van der Waals surface area contributed by atoms with E-state index in [0.717, 1.165) is 6.26 Å². The molecule has 0 saturated carbocycles. The van der Waals surface area contributed by atoms with Crippen molar-refractivity contribution < 1.29 is 22.1 Å². The zero-order valence-corrected chi connectivity index (χ0v) is 12.6. The minimum Gasteiger partial charge on any atom is -0.444 e. The molecule has 0 heterocycles. The van der Waals surface area contributed by atoms with Crippen LogP contribution in [0, 0.1) is 5.92 Å². The molecule has 1 amide bonds. The molecule has 6 nitrogen and oxygen atoms in total. The van der Waals surface area contributed by atoms with Crippen molar-refractivity contribution in [2.75, 3.05) is 12.9 Å². The predicted molar refractivity (Wildman–Crippen MR) is 68.8 cm³/mol. The lowest BCUT2D eigenvalue weighted by Crippen LogP contribution is -2.44. The van der Waals surface area contributed by atoms with E-state index in [9.17, 15) is 13.2 Å². The van der Waals surface area contributed by atoms with E-state index >= 15 is 0 Å². The Hall–Kier alpha value is -0.820. The molecule has 0 rings (SSSR count). The molecule has 0 aliphatic rings. The highest BCUT2D eigenvalue weighted by molar-refractivity contribution is 7.85. The zero-order chi connectivity index (χ0) is 14.6. The number of hydrogen-bond acceptors (Lipinski definition) is 5. The largest absolute Gasteiger partial charge is 0.444 e. The maximum atomic E-state index is 11.6. The van der Waals surface area contributed by atoms with E-state index in [1.165, 1.54) is 0 Å². The van der Waals surface area contributed by atoms with Crippen LogP contribution in [0.25, 0.3) is 0 Å². The lowest BCUT2D eigenvalue weighted by molar-refractivity contribution is 0.0469. The van der Waals surface area contributed by atoms with Gasteiger partial charge in [-0.1, -0.05) is 13.8 Å². The quantitative estimate of drug-likeness (QED) is 0.772. The average Bonchev–Trinajstić information content (AvgIpc) is 2.06. The summed E-state index contributed by atoms with van der Waals surface area (Å²) in [5.74, 6) is 0.0271. The van der Waals surface area contributed by atoms with Gasteiger partial charge in [0.15, 0.2) is 0 Å². The normalized spacial score (nSPS) is 14.4. The first-order valence-corrected chi connectivity index (χ1v) is 7.56. The molecule has 1 N–H and O–H groups in total. The summed E-state index contributed by atoms with van der Waals surface area (Å²) in [6, 6.07) is -0.422. The fourth-order valence-corrected chi connectivity index (χ4v) is 1.45. The molecule has 108 valence electrons. The van der Waals surface area contributed by atoms with Crippen LogP contribution in [0.4, 0.5) is 4.79 Å². The molecular formula is C11H23NO5S. The molecule has 0 aromatic heterocycles. The number of hydrogen-bond donors (Lipinski definition) is 1. The molecule has 0 aliphatic carbocycles. The molecule has 18 heavy (non-hydrogen) atoms. The first-order valence-electron chi connectivity index (χ1n) is 5.74. The van der Waals surface area contributed by atoms with E-state index in [-0.39, 0.29) is 12.5 Å². The summed E-state index contributed by atoms with van der Waals surface area (Å²) in [6.07, 6.45) is 0.385. The minimum absolute atomic E-state index is 0.0271.